The third kappa shape index (κ3) is 3.57. The van der Waals surface area contributed by atoms with E-state index in [0.29, 0.717) is 24.0 Å². The van der Waals surface area contributed by atoms with Gasteiger partial charge < -0.3 is 9.47 Å². The molecule has 0 aromatic heterocycles. The molecule has 2 aliphatic rings. The van der Waals surface area contributed by atoms with Crippen LogP contribution in [0.25, 0.3) is 0 Å². The molecule has 24 heavy (non-hydrogen) atoms. The van der Waals surface area contributed by atoms with Crippen molar-refractivity contribution in [1.29, 1.82) is 0 Å². The van der Waals surface area contributed by atoms with Gasteiger partial charge in [0, 0.05) is 5.92 Å². The van der Waals surface area contributed by atoms with E-state index in [1.807, 2.05) is 0 Å². The van der Waals surface area contributed by atoms with Crippen LogP contribution >= 0.6 is 0 Å². The van der Waals surface area contributed by atoms with Crippen molar-refractivity contribution in [3.05, 3.63) is 41.2 Å². The molecule has 0 spiro atoms. The summed E-state index contributed by atoms with van der Waals surface area (Å²) in [6.07, 6.45) is 6.97. The lowest BCUT2D eigenvalue weighted by Crippen LogP contribution is -2.21. The number of hydrogen-bond acceptors (Lipinski definition) is 2. The van der Waals surface area contributed by atoms with Crippen molar-refractivity contribution in [2.24, 2.45) is 11.8 Å². The van der Waals surface area contributed by atoms with Crippen LogP contribution in [0.15, 0.2) is 24.0 Å². The summed E-state index contributed by atoms with van der Waals surface area (Å²) in [4.78, 5) is 0. The fourth-order valence-electron chi connectivity index (χ4n) is 3.79. The Kier molecular flexibility index (Phi) is 5.42. The maximum atomic E-state index is 14.4. The van der Waals surface area contributed by atoms with Crippen molar-refractivity contribution in [1.82, 2.24) is 0 Å². The summed E-state index contributed by atoms with van der Waals surface area (Å²) in [6, 6.07) is 3.24. The SMILES string of the molecule is CCOc1ccc(C2CCC(C3=CCC(C)CO3)CC2)c(F)c1F. The number of hydrogen-bond donors (Lipinski definition) is 0. The van der Waals surface area contributed by atoms with Gasteiger partial charge in [-0.3, -0.25) is 0 Å². The molecule has 1 aliphatic carbocycles. The van der Waals surface area contributed by atoms with Gasteiger partial charge in [0.25, 0.3) is 0 Å². The minimum absolute atomic E-state index is 0.00215. The Morgan fingerprint density at radius 2 is 1.79 bits per heavy atom. The standard InChI is InChI=1S/C20H26F2O2/c1-3-23-18-11-9-16(19(21)20(18)22)14-5-7-15(8-6-14)17-10-4-13(2)12-24-17/h9-11,13-15H,3-8,12H2,1-2H3. The van der Waals surface area contributed by atoms with Crippen LogP contribution in [0.2, 0.25) is 0 Å². The predicted molar refractivity (Wildman–Crippen MR) is 90.0 cm³/mol. The fourth-order valence-corrected chi connectivity index (χ4v) is 3.79. The number of halogens is 2. The van der Waals surface area contributed by atoms with Gasteiger partial charge in [-0.2, -0.15) is 4.39 Å². The molecule has 1 unspecified atom stereocenters. The third-order valence-corrected chi connectivity index (χ3v) is 5.20. The summed E-state index contributed by atoms with van der Waals surface area (Å²) in [7, 11) is 0. The number of ether oxygens (including phenoxy) is 2. The van der Waals surface area contributed by atoms with Crippen molar-refractivity contribution >= 4 is 0 Å². The molecule has 0 radical (unpaired) electrons. The summed E-state index contributed by atoms with van der Waals surface area (Å²) in [5.74, 6) is 0.618. The molecule has 1 saturated carbocycles. The molecule has 2 nitrogen and oxygen atoms in total. The largest absolute Gasteiger partial charge is 0.498 e. The molecule has 1 fully saturated rings. The zero-order valence-electron chi connectivity index (χ0n) is 14.5. The van der Waals surface area contributed by atoms with Gasteiger partial charge in [-0.1, -0.05) is 13.0 Å². The molecule has 0 N–H and O–H groups in total. The van der Waals surface area contributed by atoms with Crippen LogP contribution < -0.4 is 4.74 Å². The van der Waals surface area contributed by atoms with E-state index in [4.69, 9.17) is 9.47 Å². The van der Waals surface area contributed by atoms with Gasteiger partial charge in [-0.05, 0) is 68.6 Å². The molecule has 1 aromatic carbocycles. The number of benzene rings is 1. The van der Waals surface area contributed by atoms with E-state index in [-0.39, 0.29) is 11.7 Å². The van der Waals surface area contributed by atoms with E-state index >= 15 is 0 Å². The monoisotopic (exact) mass is 336 g/mol. The number of allylic oxidation sites excluding steroid dienone is 2. The smallest absolute Gasteiger partial charge is 0.200 e. The fraction of sp³-hybridized carbons (Fsp3) is 0.600. The predicted octanol–water partition coefficient (Wildman–Crippen LogP) is 5.58. The molecular weight excluding hydrogens is 310 g/mol. The van der Waals surface area contributed by atoms with E-state index in [2.05, 4.69) is 13.0 Å². The summed E-state index contributed by atoms with van der Waals surface area (Å²) >= 11 is 0. The molecular formula is C20H26F2O2. The van der Waals surface area contributed by atoms with E-state index in [0.717, 1.165) is 44.5 Å². The Hall–Kier alpha value is -1.58. The topological polar surface area (TPSA) is 18.5 Å². The van der Waals surface area contributed by atoms with E-state index in [9.17, 15) is 8.78 Å². The molecule has 4 heteroatoms. The highest BCUT2D eigenvalue weighted by Crippen LogP contribution is 2.41. The average molecular weight is 336 g/mol. The second-order valence-corrected chi connectivity index (χ2v) is 7.02. The van der Waals surface area contributed by atoms with Gasteiger partial charge in [0.1, 0.15) is 0 Å². The van der Waals surface area contributed by atoms with Crippen molar-refractivity contribution in [2.45, 2.75) is 51.9 Å². The highest BCUT2D eigenvalue weighted by Gasteiger charge is 2.29. The van der Waals surface area contributed by atoms with Crippen LogP contribution in [-0.4, -0.2) is 13.2 Å². The second-order valence-electron chi connectivity index (χ2n) is 7.02. The maximum Gasteiger partial charge on any atom is 0.200 e. The molecule has 1 heterocycles. The van der Waals surface area contributed by atoms with Crippen molar-refractivity contribution < 1.29 is 18.3 Å². The highest BCUT2D eigenvalue weighted by atomic mass is 19.2. The number of rotatable bonds is 4. The summed E-state index contributed by atoms with van der Waals surface area (Å²) in [5, 5.41) is 0. The van der Waals surface area contributed by atoms with Crippen molar-refractivity contribution in [3.63, 3.8) is 0 Å². The Bertz CT molecular complexity index is 604. The molecule has 0 saturated heterocycles. The lowest BCUT2D eigenvalue weighted by molar-refractivity contribution is 0.113. The lowest BCUT2D eigenvalue weighted by atomic mass is 9.77. The molecule has 0 bridgehead atoms. The van der Waals surface area contributed by atoms with Gasteiger partial charge in [0.2, 0.25) is 5.82 Å². The van der Waals surface area contributed by atoms with Gasteiger partial charge in [0.05, 0.1) is 19.0 Å². The Morgan fingerprint density at radius 1 is 1.08 bits per heavy atom. The highest BCUT2D eigenvalue weighted by molar-refractivity contribution is 5.33. The quantitative estimate of drug-likeness (QED) is 0.715. The first-order chi connectivity index (χ1) is 11.6. The second kappa shape index (κ2) is 7.54. The maximum absolute atomic E-state index is 14.4. The van der Waals surface area contributed by atoms with Gasteiger partial charge >= 0.3 is 0 Å². The Labute approximate surface area is 142 Å². The van der Waals surface area contributed by atoms with Gasteiger partial charge in [0.15, 0.2) is 11.6 Å². The van der Waals surface area contributed by atoms with Crippen LogP contribution in [0, 0.1) is 23.5 Å². The minimum atomic E-state index is -0.858. The Balaban J connectivity index is 1.66. The Morgan fingerprint density at radius 3 is 2.42 bits per heavy atom. The molecule has 132 valence electrons. The van der Waals surface area contributed by atoms with Gasteiger partial charge in [-0.15, -0.1) is 0 Å². The normalized spacial score (nSPS) is 27.3. The lowest BCUT2D eigenvalue weighted by Gasteiger charge is -2.32. The third-order valence-electron chi connectivity index (χ3n) is 5.20. The van der Waals surface area contributed by atoms with Crippen LogP contribution in [-0.2, 0) is 4.74 Å². The van der Waals surface area contributed by atoms with Gasteiger partial charge in [-0.25, -0.2) is 4.39 Å². The molecule has 0 amide bonds. The average Bonchev–Trinajstić information content (AvgIpc) is 2.60. The molecule has 1 aromatic rings. The minimum Gasteiger partial charge on any atom is -0.498 e. The van der Waals surface area contributed by atoms with Crippen molar-refractivity contribution in [2.75, 3.05) is 13.2 Å². The first kappa shape index (κ1) is 17.2. The van der Waals surface area contributed by atoms with Crippen LogP contribution in [0.4, 0.5) is 8.78 Å². The van der Waals surface area contributed by atoms with E-state index in [1.165, 1.54) is 0 Å². The first-order valence-electron chi connectivity index (χ1n) is 9.03. The molecule has 3 rings (SSSR count). The summed E-state index contributed by atoms with van der Waals surface area (Å²) < 4.78 is 39.4. The molecule has 1 aliphatic heterocycles. The summed E-state index contributed by atoms with van der Waals surface area (Å²) in [6.45, 7) is 5.07. The van der Waals surface area contributed by atoms with E-state index < -0.39 is 11.6 Å². The van der Waals surface area contributed by atoms with Crippen molar-refractivity contribution in [3.8, 4) is 5.75 Å². The van der Waals surface area contributed by atoms with Crippen LogP contribution in [0.1, 0.15) is 57.4 Å². The molecule has 1 atom stereocenters. The van der Waals surface area contributed by atoms with Crippen LogP contribution in [0.3, 0.4) is 0 Å². The zero-order valence-corrected chi connectivity index (χ0v) is 14.5. The first-order valence-corrected chi connectivity index (χ1v) is 9.03. The van der Waals surface area contributed by atoms with E-state index in [1.54, 1.807) is 19.1 Å². The summed E-state index contributed by atoms with van der Waals surface area (Å²) in [5.41, 5.74) is 0.488. The zero-order chi connectivity index (χ0) is 17.1. The van der Waals surface area contributed by atoms with Crippen LogP contribution in [0.5, 0.6) is 5.75 Å².